The number of phenols is 1. The summed E-state index contributed by atoms with van der Waals surface area (Å²) >= 11 is 0. The van der Waals surface area contributed by atoms with Crippen molar-refractivity contribution in [3.63, 3.8) is 0 Å². The third-order valence-corrected chi connectivity index (χ3v) is 3.28. The van der Waals surface area contributed by atoms with Gasteiger partial charge in [0.2, 0.25) is 0 Å². The number of aromatic hydroxyl groups is 1. The van der Waals surface area contributed by atoms with E-state index in [1.54, 1.807) is 13.2 Å². The molecule has 94 valence electrons. The molecule has 0 aliphatic carbocycles. The van der Waals surface area contributed by atoms with E-state index in [-0.39, 0.29) is 0 Å². The van der Waals surface area contributed by atoms with E-state index in [2.05, 4.69) is 16.8 Å². The van der Waals surface area contributed by atoms with Gasteiger partial charge in [-0.1, -0.05) is 6.07 Å². The van der Waals surface area contributed by atoms with Crippen LogP contribution in [0.15, 0.2) is 18.2 Å². The second-order valence-corrected chi connectivity index (χ2v) is 4.57. The maximum atomic E-state index is 9.89. The molecule has 0 amide bonds. The summed E-state index contributed by atoms with van der Waals surface area (Å²) in [6.45, 7) is 5.11. The van der Waals surface area contributed by atoms with Gasteiger partial charge in [-0.25, -0.2) is 0 Å². The zero-order chi connectivity index (χ0) is 12.3. The molecule has 1 aromatic rings. The number of methoxy groups -OCH3 is 1. The maximum Gasteiger partial charge on any atom is 0.123 e. The Morgan fingerprint density at radius 3 is 2.53 bits per heavy atom. The SMILES string of the molecule is COc1ccc(CN2CCN(C)CC2)c(O)c1. The summed E-state index contributed by atoms with van der Waals surface area (Å²) < 4.78 is 5.07. The van der Waals surface area contributed by atoms with Gasteiger partial charge in [-0.3, -0.25) is 4.90 Å². The van der Waals surface area contributed by atoms with Gasteiger partial charge >= 0.3 is 0 Å². The van der Waals surface area contributed by atoms with E-state index in [0.717, 1.165) is 38.3 Å². The van der Waals surface area contributed by atoms with Gasteiger partial charge in [0.1, 0.15) is 11.5 Å². The molecule has 1 fully saturated rings. The highest BCUT2D eigenvalue weighted by atomic mass is 16.5. The minimum atomic E-state index is 0.322. The molecule has 0 bridgehead atoms. The lowest BCUT2D eigenvalue weighted by molar-refractivity contribution is 0.147. The molecular formula is C13H20N2O2. The van der Waals surface area contributed by atoms with Crippen LogP contribution in [0.2, 0.25) is 0 Å². The molecule has 4 nitrogen and oxygen atoms in total. The molecule has 1 saturated heterocycles. The molecule has 17 heavy (non-hydrogen) atoms. The Balaban J connectivity index is 1.99. The predicted octanol–water partition coefficient (Wildman–Crippen LogP) is 1.15. The van der Waals surface area contributed by atoms with Gasteiger partial charge in [0.25, 0.3) is 0 Å². The van der Waals surface area contributed by atoms with Crippen LogP contribution in [0.3, 0.4) is 0 Å². The molecule has 0 unspecified atom stereocenters. The molecule has 1 aromatic carbocycles. The predicted molar refractivity (Wildman–Crippen MR) is 67.4 cm³/mol. The van der Waals surface area contributed by atoms with Crippen molar-refractivity contribution in [1.29, 1.82) is 0 Å². The van der Waals surface area contributed by atoms with Crippen molar-refractivity contribution in [3.8, 4) is 11.5 Å². The van der Waals surface area contributed by atoms with Gasteiger partial charge in [0.05, 0.1) is 7.11 Å². The normalized spacial score (nSPS) is 18.2. The lowest BCUT2D eigenvalue weighted by Gasteiger charge is -2.32. The van der Waals surface area contributed by atoms with E-state index < -0.39 is 0 Å². The van der Waals surface area contributed by atoms with Crippen molar-refractivity contribution in [3.05, 3.63) is 23.8 Å². The Morgan fingerprint density at radius 1 is 1.24 bits per heavy atom. The van der Waals surface area contributed by atoms with Crippen molar-refractivity contribution < 1.29 is 9.84 Å². The third-order valence-electron chi connectivity index (χ3n) is 3.28. The van der Waals surface area contributed by atoms with Crippen LogP contribution in [0, 0.1) is 0 Å². The molecule has 1 aliphatic rings. The van der Waals surface area contributed by atoms with Crippen LogP contribution in [0.25, 0.3) is 0 Å². The summed E-state index contributed by atoms with van der Waals surface area (Å²) in [5.41, 5.74) is 0.968. The van der Waals surface area contributed by atoms with Crippen LogP contribution < -0.4 is 4.74 Å². The van der Waals surface area contributed by atoms with E-state index in [1.807, 2.05) is 12.1 Å². The molecule has 0 saturated carbocycles. The average molecular weight is 236 g/mol. The molecule has 0 spiro atoms. The monoisotopic (exact) mass is 236 g/mol. The van der Waals surface area contributed by atoms with Gasteiger partial charge in [0.15, 0.2) is 0 Å². The Hall–Kier alpha value is -1.26. The van der Waals surface area contributed by atoms with E-state index in [1.165, 1.54) is 0 Å². The fraction of sp³-hybridized carbons (Fsp3) is 0.538. The quantitative estimate of drug-likeness (QED) is 0.854. The van der Waals surface area contributed by atoms with Crippen LogP contribution in [-0.4, -0.2) is 55.2 Å². The number of hydrogen-bond acceptors (Lipinski definition) is 4. The highest BCUT2D eigenvalue weighted by molar-refractivity contribution is 5.39. The van der Waals surface area contributed by atoms with Crippen LogP contribution >= 0.6 is 0 Å². The van der Waals surface area contributed by atoms with E-state index in [4.69, 9.17) is 4.74 Å². The topological polar surface area (TPSA) is 35.9 Å². The number of piperazine rings is 1. The Morgan fingerprint density at radius 2 is 1.94 bits per heavy atom. The minimum Gasteiger partial charge on any atom is -0.507 e. The maximum absolute atomic E-state index is 9.89. The molecular weight excluding hydrogens is 216 g/mol. The Kier molecular flexibility index (Phi) is 3.86. The average Bonchev–Trinajstić information content (AvgIpc) is 2.34. The number of likely N-dealkylation sites (N-methyl/N-ethyl adjacent to an activating group) is 1. The van der Waals surface area contributed by atoms with Gasteiger partial charge in [0, 0.05) is 44.4 Å². The smallest absolute Gasteiger partial charge is 0.123 e. The highest BCUT2D eigenvalue weighted by Crippen LogP contribution is 2.24. The van der Waals surface area contributed by atoms with E-state index in [9.17, 15) is 5.11 Å². The first-order valence-corrected chi connectivity index (χ1v) is 5.96. The van der Waals surface area contributed by atoms with E-state index >= 15 is 0 Å². The fourth-order valence-electron chi connectivity index (χ4n) is 2.05. The van der Waals surface area contributed by atoms with E-state index in [0.29, 0.717) is 11.5 Å². The first-order chi connectivity index (χ1) is 8.19. The lowest BCUT2D eigenvalue weighted by Crippen LogP contribution is -2.43. The third kappa shape index (κ3) is 3.11. The van der Waals surface area contributed by atoms with Gasteiger partial charge in [-0.15, -0.1) is 0 Å². The van der Waals surface area contributed by atoms with Gasteiger partial charge in [-0.2, -0.15) is 0 Å². The number of ether oxygens (including phenoxy) is 1. The molecule has 0 radical (unpaired) electrons. The molecule has 1 N–H and O–H groups in total. The fourth-order valence-corrected chi connectivity index (χ4v) is 2.05. The van der Waals surface area contributed by atoms with Crippen molar-refractivity contribution in [2.24, 2.45) is 0 Å². The minimum absolute atomic E-state index is 0.322. The van der Waals surface area contributed by atoms with Crippen molar-refractivity contribution in [2.45, 2.75) is 6.54 Å². The van der Waals surface area contributed by atoms with Crippen molar-refractivity contribution in [1.82, 2.24) is 9.80 Å². The van der Waals surface area contributed by atoms with Gasteiger partial charge in [-0.05, 0) is 13.1 Å². The number of phenolic OH excluding ortho intramolecular Hbond substituents is 1. The second-order valence-electron chi connectivity index (χ2n) is 4.57. The molecule has 0 atom stereocenters. The summed E-state index contributed by atoms with van der Waals surface area (Å²) in [4.78, 5) is 4.69. The molecule has 2 rings (SSSR count). The Bertz CT molecular complexity index is 374. The summed E-state index contributed by atoms with van der Waals surface area (Å²) in [7, 11) is 3.75. The van der Waals surface area contributed by atoms with Crippen LogP contribution in [0.5, 0.6) is 11.5 Å². The highest BCUT2D eigenvalue weighted by Gasteiger charge is 2.15. The first kappa shape index (κ1) is 12.2. The zero-order valence-electron chi connectivity index (χ0n) is 10.5. The molecule has 1 aliphatic heterocycles. The first-order valence-electron chi connectivity index (χ1n) is 5.96. The molecule has 4 heteroatoms. The molecule has 1 heterocycles. The number of benzene rings is 1. The zero-order valence-corrected chi connectivity index (χ0v) is 10.5. The van der Waals surface area contributed by atoms with Crippen molar-refractivity contribution in [2.75, 3.05) is 40.3 Å². The molecule has 0 aromatic heterocycles. The summed E-state index contributed by atoms with van der Waals surface area (Å²) in [6, 6.07) is 5.50. The van der Waals surface area contributed by atoms with Crippen LogP contribution in [0.4, 0.5) is 0 Å². The second kappa shape index (κ2) is 5.38. The summed E-state index contributed by atoms with van der Waals surface area (Å²) in [5.74, 6) is 1.02. The summed E-state index contributed by atoms with van der Waals surface area (Å²) in [5, 5.41) is 9.89. The van der Waals surface area contributed by atoms with Crippen LogP contribution in [-0.2, 0) is 6.54 Å². The largest absolute Gasteiger partial charge is 0.507 e. The lowest BCUT2D eigenvalue weighted by atomic mass is 10.1. The number of nitrogens with zero attached hydrogens (tertiary/aromatic N) is 2. The summed E-state index contributed by atoms with van der Waals surface area (Å²) in [6.07, 6.45) is 0. The van der Waals surface area contributed by atoms with Gasteiger partial charge < -0.3 is 14.7 Å². The number of hydrogen-bond donors (Lipinski definition) is 1. The Labute approximate surface area is 102 Å². The standard InChI is InChI=1S/C13H20N2O2/c1-14-5-7-15(8-6-14)10-11-3-4-12(17-2)9-13(11)16/h3-4,9,16H,5-8,10H2,1-2H3. The number of rotatable bonds is 3. The van der Waals surface area contributed by atoms with Crippen LogP contribution in [0.1, 0.15) is 5.56 Å². The van der Waals surface area contributed by atoms with Crippen molar-refractivity contribution >= 4 is 0 Å².